The van der Waals surface area contributed by atoms with Gasteiger partial charge in [-0.2, -0.15) is 5.26 Å². The lowest BCUT2D eigenvalue weighted by Gasteiger charge is -2.17. The first-order valence-electron chi connectivity index (χ1n) is 6.26. The zero-order chi connectivity index (χ0) is 16.1. The van der Waals surface area contributed by atoms with Crippen LogP contribution in [0, 0.1) is 11.3 Å². The molecule has 7 heteroatoms. The van der Waals surface area contributed by atoms with E-state index in [9.17, 15) is 9.59 Å². The molecule has 0 saturated carbocycles. The second-order valence-electron chi connectivity index (χ2n) is 4.28. The van der Waals surface area contributed by atoms with Crippen LogP contribution in [0.4, 0.5) is 10.8 Å². The lowest BCUT2D eigenvalue weighted by atomic mass is 10.2. The Hall–Kier alpha value is -2.98. The van der Waals surface area contributed by atoms with Gasteiger partial charge in [0, 0.05) is 12.3 Å². The second-order valence-corrected chi connectivity index (χ2v) is 5.12. The summed E-state index contributed by atoms with van der Waals surface area (Å²) >= 11 is 1.23. The molecule has 0 atom stereocenters. The highest BCUT2D eigenvalue weighted by Crippen LogP contribution is 2.29. The van der Waals surface area contributed by atoms with Gasteiger partial charge in [0.05, 0.1) is 11.4 Å². The zero-order valence-electron chi connectivity index (χ0n) is 11.7. The van der Waals surface area contributed by atoms with Crippen LogP contribution in [0.5, 0.6) is 0 Å². The third-order valence-electron chi connectivity index (χ3n) is 2.71. The molecule has 0 unspecified atom stereocenters. The number of para-hydroxylation sites is 1. The molecule has 1 aromatic carbocycles. The summed E-state index contributed by atoms with van der Waals surface area (Å²) in [6.07, 6.45) is 1.30. The Bertz CT molecular complexity index is 774. The predicted octanol–water partition coefficient (Wildman–Crippen LogP) is 2.22. The number of rotatable bonds is 4. The predicted molar refractivity (Wildman–Crippen MR) is 84.2 cm³/mol. The van der Waals surface area contributed by atoms with Crippen LogP contribution in [-0.4, -0.2) is 16.8 Å². The van der Waals surface area contributed by atoms with E-state index in [1.807, 2.05) is 18.2 Å². The van der Waals surface area contributed by atoms with Crippen LogP contribution in [0.2, 0.25) is 0 Å². The van der Waals surface area contributed by atoms with Crippen LogP contribution in [0.15, 0.2) is 41.3 Å². The molecule has 2 rings (SSSR count). The molecular formula is C15H12N4O2S. The summed E-state index contributed by atoms with van der Waals surface area (Å²) in [6.45, 7) is 1.44. The van der Waals surface area contributed by atoms with Gasteiger partial charge in [0.2, 0.25) is 5.91 Å². The molecule has 110 valence electrons. The summed E-state index contributed by atoms with van der Waals surface area (Å²) in [4.78, 5) is 28.7. The minimum absolute atomic E-state index is 0.188. The van der Waals surface area contributed by atoms with E-state index >= 15 is 0 Å². The Labute approximate surface area is 131 Å². The maximum atomic E-state index is 11.9. The molecule has 0 fully saturated rings. The number of nitriles is 1. The smallest absolute Gasteiger partial charge is 0.259 e. The number of nitrogens with zero attached hydrogens (tertiary/aromatic N) is 3. The molecule has 0 radical (unpaired) electrons. The molecule has 0 aliphatic rings. The molecule has 0 bridgehead atoms. The van der Waals surface area contributed by atoms with Crippen molar-refractivity contribution in [3.8, 4) is 6.07 Å². The summed E-state index contributed by atoms with van der Waals surface area (Å²) in [5.74, 6) is -1.00. The molecule has 1 heterocycles. The molecule has 1 aromatic heterocycles. The largest absolute Gasteiger partial charge is 0.365 e. The van der Waals surface area contributed by atoms with Crippen LogP contribution in [-0.2, 0) is 9.59 Å². The van der Waals surface area contributed by atoms with Crippen molar-refractivity contribution in [1.29, 1.82) is 5.26 Å². The number of thiazole rings is 1. The fourth-order valence-electron chi connectivity index (χ4n) is 1.76. The molecule has 6 nitrogen and oxygen atoms in total. The molecule has 2 N–H and O–H groups in total. The topological polar surface area (TPSA) is 100 Å². The van der Waals surface area contributed by atoms with Crippen molar-refractivity contribution >= 4 is 40.0 Å². The van der Waals surface area contributed by atoms with E-state index in [-0.39, 0.29) is 11.5 Å². The van der Waals surface area contributed by atoms with Gasteiger partial charge in [-0.05, 0) is 18.2 Å². The summed E-state index contributed by atoms with van der Waals surface area (Å²) in [5, 5.41) is 10.9. The Morgan fingerprint density at radius 2 is 2.05 bits per heavy atom. The Kier molecular flexibility index (Phi) is 4.66. The summed E-state index contributed by atoms with van der Waals surface area (Å²) in [5.41, 5.74) is 5.98. The number of hydrogen-bond donors (Lipinski definition) is 1. The Morgan fingerprint density at radius 3 is 2.59 bits per heavy atom. The number of carbonyl (C=O) groups excluding carboxylic acids is 2. The third-order valence-corrected chi connectivity index (χ3v) is 3.55. The Balaban J connectivity index is 2.39. The van der Waals surface area contributed by atoms with Crippen LogP contribution in [0.25, 0.3) is 6.08 Å². The normalized spacial score (nSPS) is 10.8. The second kappa shape index (κ2) is 6.65. The average molecular weight is 312 g/mol. The van der Waals surface area contributed by atoms with E-state index in [2.05, 4.69) is 4.98 Å². The number of benzene rings is 1. The average Bonchev–Trinajstić information content (AvgIpc) is 2.93. The minimum Gasteiger partial charge on any atom is -0.365 e. The first-order valence-corrected chi connectivity index (χ1v) is 7.13. The number of amides is 2. The molecule has 22 heavy (non-hydrogen) atoms. The fraction of sp³-hybridized carbons (Fsp3) is 0.0667. The van der Waals surface area contributed by atoms with Crippen molar-refractivity contribution in [2.45, 2.75) is 6.92 Å². The first kappa shape index (κ1) is 15.4. The van der Waals surface area contributed by atoms with Gasteiger partial charge in [0.25, 0.3) is 5.91 Å². The van der Waals surface area contributed by atoms with Crippen molar-refractivity contribution in [3.63, 3.8) is 0 Å². The van der Waals surface area contributed by atoms with Crippen LogP contribution in [0.3, 0.4) is 0 Å². The van der Waals surface area contributed by atoms with Crippen molar-refractivity contribution in [2.24, 2.45) is 5.73 Å². The van der Waals surface area contributed by atoms with Crippen LogP contribution >= 0.6 is 11.3 Å². The molecule has 0 aliphatic heterocycles. The standard InChI is InChI=1S/C15H12N4O2S/c1-10(20)19(13-5-3-2-4-6-13)15-18-12(9-22-15)7-11(8-16)14(17)21/h2-7,9H,1H3,(H2,17,21)/b11-7+. The van der Waals surface area contributed by atoms with Gasteiger partial charge in [-0.15, -0.1) is 11.3 Å². The van der Waals surface area contributed by atoms with E-state index in [0.29, 0.717) is 16.5 Å². The van der Waals surface area contributed by atoms with Gasteiger partial charge in [-0.25, -0.2) is 4.98 Å². The summed E-state index contributed by atoms with van der Waals surface area (Å²) in [6, 6.07) is 10.8. The maximum Gasteiger partial charge on any atom is 0.259 e. The molecular weight excluding hydrogens is 300 g/mol. The van der Waals surface area contributed by atoms with Gasteiger partial charge in [0.15, 0.2) is 5.13 Å². The van der Waals surface area contributed by atoms with Gasteiger partial charge >= 0.3 is 0 Å². The van der Waals surface area contributed by atoms with Crippen molar-refractivity contribution in [1.82, 2.24) is 4.98 Å². The third kappa shape index (κ3) is 3.37. The highest BCUT2D eigenvalue weighted by molar-refractivity contribution is 7.14. The number of anilines is 2. The van der Waals surface area contributed by atoms with Gasteiger partial charge < -0.3 is 5.73 Å². The number of hydrogen-bond acceptors (Lipinski definition) is 5. The molecule has 0 saturated heterocycles. The van der Waals surface area contributed by atoms with E-state index in [1.54, 1.807) is 23.6 Å². The Morgan fingerprint density at radius 1 is 1.36 bits per heavy atom. The van der Waals surface area contributed by atoms with E-state index in [1.165, 1.54) is 29.2 Å². The monoisotopic (exact) mass is 312 g/mol. The minimum atomic E-state index is -0.816. The molecule has 2 aromatic rings. The zero-order valence-corrected chi connectivity index (χ0v) is 12.5. The molecule has 2 amide bonds. The van der Waals surface area contributed by atoms with Crippen molar-refractivity contribution in [3.05, 3.63) is 47.0 Å². The highest BCUT2D eigenvalue weighted by atomic mass is 32.1. The molecule has 0 aliphatic carbocycles. The fourth-order valence-corrected chi connectivity index (χ4v) is 2.60. The molecule has 0 spiro atoms. The maximum absolute atomic E-state index is 11.9. The van der Waals surface area contributed by atoms with E-state index in [0.717, 1.165) is 0 Å². The number of nitrogens with two attached hydrogens (primary N) is 1. The number of carbonyl (C=O) groups is 2. The van der Waals surface area contributed by atoms with Gasteiger partial charge in [-0.1, -0.05) is 18.2 Å². The van der Waals surface area contributed by atoms with E-state index in [4.69, 9.17) is 11.0 Å². The van der Waals surface area contributed by atoms with Gasteiger partial charge in [-0.3, -0.25) is 14.5 Å². The lowest BCUT2D eigenvalue weighted by Crippen LogP contribution is -2.22. The van der Waals surface area contributed by atoms with Crippen molar-refractivity contribution in [2.75, 3.05) is 4.90 Å². The van der Waals surface area contributed by atoms with Crippen LogP contribution < -0.4 is 10.6 Å². The summed E-state index contributed by atoms with van der Waals surface area (Å²) in [7, 11) is 0. The van der Waals surface area contributed by atoms with Gasteiger partial charge in [0.1, 0.15) is 11.6 Å². The first-order chi connectivity index (χ1) is 10.5. The highest BCUT2D eigenvalue weighted by Gasteiger charge is 2.17. The summed E-state index contributed by atoms with van der Waals surface area (Å²) < 4.78 is 0. The quantitative estimate of drug-likeness (QED) is 0.691. The number of aromatic nitrogens is 1. The SMILES string of the molecule is CC(=O)N(c1ccccc1)c1nc(/C=C(\C#N)C(N)=O)cs1. The van der Waals surface area contributed by atoms with E-state index < -0.39 is 5.91 Å². The lowest BCUT2D eigenvalue weighted by molar-refractivity contribution is -0.116. The number of primary amides is 1. The van der Waals surface area contributed by atoms with Crippen LogP contribution in [0.1, 0.15) is 12.6 Å². The van der Waals surface area contributed by atoms with Crippen molar-refractivity contribution < 1.29 is 9.59 Å².